The highest BCUT2D eigenvalue weighted by atomic mass is 35.6. The van der Waals surface area contributed by atoms with Crippen LogP contribution in [0.15, 0.2) is 24.3 Å². The lowest BCUT2D eigenvalue weighted by Crippen LogP contribution is -2.43. The van der Waals surface area contributed by atoms with Crippen LogP contribution in [0.5, 0.6) is 0 Å². The number of hydrogen-bond acceptors (Lipinski definition) is 4. The Kier molecular flexibility index (Phi) is 7.59. The molecular weight excluding hydrogens is 461 g/mol. The van der Waals surface area contributed by atoms with Crippen molar-refractivity contribution in [2.24, 2.45) is 0 Å². The molecule has 0 aromatic heterocycles. The summed E-state index contributed by atoms with van der Waals surface area (Å²) in [7, 11) is -6.04. The zero-order valence-corrected chi connectivity index (χ0v) is 20.8. The van der Waals surface area contributed by atoms with Crippen molar-refractivity contribution in [3.05, 3.63) is 35.4 Å². The number of nitrogens with one attached hydrogen (secondary N) is 1. The van der Waals surface area contributed by atoms with Gasteiger partial charge in [-0.25, -0.2) is 0 Å². The summed E-state index contributed by atoms with van der Waals surface area (Å²) < 4.78 is 36.7. The summed E-state index contributed by atoms with van der Waals surface area (Å²) in [6, 6.07) is 7.32. The Hall–Kier alpha value is 0.137. The number of halogens is 3. The average Bonchev–Trinajstić information content (AvgIpc) is 2.53. The molecule has 0 spiro atoms. The van der Waals surface area contributed by atoms with Crippen LogP contribution >= 0.6 is 34.8 Å². The van der Waals surface area contributed by atoms with Gasteiger partial charge in [-0.1, -0.05) is 79.8 Å². The fourth-order valence-electron chi connectivity index (χ4n) is 2.88. The predicted octanol–water partition coefficient (Wildman–Crippen LogP) is 5.81. The van der Waals surface area contributed by atoms with E-state index in [1.165, 1.54) is 0 Å². The van der Waals surface area contributed by atoms with E-state index in [0.29, 0.717) is 12.8 Å². The van der Waals surface area contributed by atoms with Gasteiger partial charge < -0.3 is 4.43 Å². The van der Waals surface area contributed by atoms with Crippen molar-refractivity contribution in [1.29, 1.82) is 0 Å². The van der Waals surface area contributed by atoms with E-state index in [2.05, 4.69) is 38.6 Å². The van der Waals surface area contributed by atoms with E-state index in [-0.39, 0.29) is 11.1 Å². The summed E-state index contributed by atoms with van der Waals surface area (Å²) in [4.78, 5) is 0. The van der Waals surface area contributed by atoms with Crippen molar-refractivity contribution in [1.82, 2.24) is 4.72 Å². The summed E-state index contributed by atoms with van der Waals surface area (Å²) in [5, 5.41) is 0.0887. The van der Waals surface area contributed by atoms with Gasteiger partial charge in [0.2, 0.25) is 3.79 Å². The minimum Gasteiger partial charge on any atom is -0.410 e. The number of alkyl halides is 3. The van der Waals surface area contributed by atoms with E-state index in [1.54, 1.807) is 0 Å². The molecule has 0 saturated carbocycles. The van der Waals surface area contributed by atoms with Gasteiger partial charge in [-0.05, 0) is 42.1 Å². The van der Waals surface area contributed by atoms with Gasteiger partial charge in [0.25, 0.3) is 0 Å². The van der Waals surface area contributed by atoms with E-state index in [4.69, 9.17) is 43.4 Å². The molecule has 28 heavy (non-hydrogen) atoms. The molecule has 1 aromatic rings. The average molecular weight is 489 g/mol. The Morgan fingerprint density at radius 1 is 1.11 bits per heavy atom. The Morgan fingerprint density at radius 2 is 1.68 bits per heavy atom. The van der Waals surface area contributed by atoms with Gasteiger partial charge in [0, 0.05) is 6.04 Å². The van der Waals surface area contributed by atoms with E-state index < -0.39 is 35.1 Å². The van der Waals surface area contributed by atoms with Gasteiger partial charge in [-0.15, -0.1) is 0 Å². The highest BCUT2D eigenvalue weighted by Gasteiger charge is 2.41. The van der Waals surface area contributed by atoms with Gasteiger partial charge in [-0.2, -0.15) is 13.1 Å². The predicted molar refractivity (Wildman–Crippen MR) is 118 cm³/mol. The van der Waals surface area contributed by atoms with E-state index in [9.17, 15) is 8.42 Å². The third kappa shape index (κ3) is 6.57. The smallest absolute Gasteiger partial charge is 0.336 e. The fourth-order valence-corrected chi connectivity index (χ4v) is 5.54. The van der Waals surface area contributed by atoms with Crippen LogP contribution < -0.4 is 4.72 Å². The molecule has 1 N–H and O–H groups in total. The minimum atomic E-state index is -4.07. The molecule has 1 aliphatic rings. The Morgan fingerprint density at radius 3 is 2.21 bits per heavy atom. The molecule has 2 atom stereocenters. The third-order valence-corrected chi connectivity index (χ3v) is 11.2. The number of rotatable bonds is 6. The lowest BCUT2D eigenvalue weighted by molar-refractivity contribution is 0.155. The monoisotopic (exact) mass is 487 g/mol. The highest BCUT2D eigenvalue weighted by Crippen LogP contribution is 2.45. The first-order valence-electron chi connectivity index (χ1n) is 9.11. The van der Waals surface area contributed by atoms with Crippen LogP contribution in [-0.2, 0) is 18.9 Å². The van der Waals surface area contributed by atoms with Crippen LogP contribution in [0.4, 0.5) is 0 Å². The maximum absolute atomic E-state index is 12.3. The molecule has 0 amide bonds. The topological polar surface area (TPSA) is 64.6 Å². The van der Waals surface area contributed by atoms with Crippen LogP contribution in [-0.4, -0.2) is 27.1 Å². The maximum Gasteiger partial charge on any atom is 0.336 e. The first-order valence-corrected chi connectivity index (χ1v) is 14.6. The second kappa shape index (κ2) is 8.71. The van der Waals surface area contributed by atoms with Crippen LogP contribution in [0.1, 0.15) is 56.9 Å². The molecule has 160 valence electrons. The van der Waals surface area contributed by atoms with Crippen molar-refractivity contribution in [3.8, 4) is 0 Å². The van der Waals surface area contributed by atoms with Gasteiger partial charge in [0.05, 0.1) is 6.10 Å². The SMILES string of the molecule is CC(C)(C)[Si](C)(C)O[C@@H]1CCC(NS(=O)(=O)OCC(Cl)(Cl)Cl)c2ccccc21. The molecule has 1 aromatic carbocycles. The largest absolute Gasteiger partial charge is 0.410 e. The molecule has 0 fully saturated rings. The lowest BCUT2D eigenvalue weighted by atomic mass is 9.86. The van der Waals surface area contributed by atoms with Crippen LogP contribution in [0.3, 0.4) is 0 Å². The molecule has 1 unspecified atom stereocenters. The summed E-state index contributed by atoms with van der Waals surface area (Å²) in [6.45, 7) is 10.5. The second-order valence-corrected chi connectivity index (χ2v) is 17.2. The van der Waals surface area contributed by atoms with Crippen molar-refractivity contribution < 1.29 is 17.0 Å². The van der Waals surface area contributed by atoms with E-state index in [0.717, 1.165) is 11.1 Å². The number of fused-ring (bicyclic) bond motifs is 1. The van der Waals surface area contributed by atoms with Crippen molar-refractivity contribution >= 4 is 53.4 Å². The first kappa shape index (κ1) is 24.4. The number of benzene rings is 1. The second-order valence-electron chi connectivity index (χ2n) is 8.57. The van der Waals surface area contributed by atoms with Gasteiger partial charge in [0.15, 0.2) is 8.32 Å². The summed E-state index contributed by atoms with van der Waals surface area (Å²) in [5.41, 5.74) is 1.89. The molecule has 0 bridgehead atoms. The Labute approximate surface area is 184 Å². The molecule has 0 radical (unpaired) electrons. The maximum atomic E-state index is 12.3. The van der Waals surface area contributed by atoms with Crippen molar-refractivity contribution in [2.45, 2.75) is 67.7 Å². The summed E-state index contributed by atoms with van der Waals surface area (Å²) >= 11 is 16.7. The normalized spacial score (nSPS) is 21.4. The summed E-state index contributed by atoms with van der Waals surface area (Å²) in [5.74, 6) is 0. The molecule has 10 heteroatoms. The van der Waals surface area contributed by atoms with Crippen LogP contribution in [0, 0.1) is 0 Å². The van der Waals surface area contributed by atoms with E-state index in [1.807, 2.05) is 24.3 Å². The summed E-state index contributed by atoms with van der Waals surface area (Å²) in [6.07, 6.45) is 1.24. The molecule has 5 nitrogen and oxygen atoms in total. The zero-order chi connectivity index (χ0) is 21.4. The van der Waals surface area contributed by atoms with Gasteiger partial charge in [0.1, 0.15) is 6.61 Å². The molecule has 0 heterocycles. The number of hydrogen-bond donors (Lipinski definition) is 1. The van der Waals surface area contributed by atoms with Crippen LogP contribution in [0.25, 0.3) is 0 Å². The fraction of sp³-hybridized carbons (Fsp3) is 0.667. The standard InChI is InChI=1S/C18H28Cl3NO4SSi/c1-17(2,3)28(4,5)26-16-11-10-15(13-8-6-7-9-14(13)16)22-27(23,24)25-12-18(19,20)21/h6-9,15-16,22H,10-12H2,1-5H3/t15?,16-/m1/s1. The molecule has 1 aliphatic carbocycles. The van der Waals surface area contributed by atoms with E-state index >= 15 is 0 Å². The minimum absolute atomic E-state index is 0.0556. The van der Waals surface area contributed by atoms with Crippen LogP contribution in [0.2, 0.25) is 18.1 Å². The van der Waals surface area contributed by atoms with Gasteiger partial charge in [-0.3, -0.25) is 4.18 Å². The van der Waals surface area contributed by atoms with Gasteiger partial charge >= 0.3 is 10.3 Å². The zero-order valence-electron chi connectivity index (χ0n) is 16.8. The quantitative estimate of drug-likeness (QED) is 0.405. The highest BCUT2D eigenvalue weighted by molar-refractivity contribution is 7.84. The third-order valence-electron chi connectivity index (χ3n) is 5.34. The lowest BCUT2D eigenvalue weighted by Gasteiger charge is -2.42. The van der Waals surface area contributed by atoms with Crippen molar-refractivity contribution in [3.63, 3.8) is 0 Å². The Bertz CT molecular complexity index is 791. The molecule has 0 aliphatic heterocycles. The van der Waals surface area contributed by atoms with Crippen molar-refractivity contribution in [2.75, 3.05) is 6.61 Å². The first-order chi connectivity index (χ1) is 12.6. The molecular formula is C18H28Cl3NO4SSi. The molecule has 2 rings (SSSR count). The Balaban J connectivity index is 2.20. The molecule has 0 saturated heterocycles.